The summed E-state index contributed by atoms with van der Waals surface area (Å²) in [5.41, 5.74) is 2.51. The molecule has 1 atom stereocenters. The Morgan fingerprint density at radius 2 is 1.77 bits per heavy atom. The second-order valence-electron chi connectivity index (χ2n) is 6.85. The molecule has 1 heterocycles. The van der Waals surface area contributed by atoms with E-state index >= 15 is 0 Å². The van der Waals surface area contributed by atoms with Gasteiger partial charge in [0.05, 0.1) is 24.8 Å². The van der Waals surface area contributed by atoms with Crippen molar-refractivity contribution in [3.8, 4) is 17.2 Å². The smallest absolute Gasteiger partial charge is 0.333 e. The monoisotopic (exact) mass is 425 g/mol. The number of hydrogen-bond acceptors (Lipinski definition) is 6. The van der Waals surface area contributed by atoms with Crippen LogP contribution in [0.25, 0.3) is 10.9 Å². The fraction of sp³-hybridized carbons (Fsp3) is 0.333. The van der Waals surface area contributed by atoms with Gasteiger partial charge in [-0.05, 0) is 49.7 Å². The maximum absolute atomic E-state index is 11.3. The Hall–Kier alpha value is -3.32. The van der Waals surface area contributed by atoms with E-state index in [1.165, 1.54) is 0 Å². The Labute approximate surface area is 181 Å². The first kappa shape index (κ1) is 22.4. The molecule has 0 aliphatic rings. The van der Waals surface area contributed by atoms with Gasteiger partial charge in [-0.3, -0.25) is 4.98 Å². The molecule has 31 heavy (non-hydrogen) atoms. The number of fused-ring (bicyclic) bond motifs is 1. The van der Waals surface area contributed by atoms with Crippen molar-refractivity contribution >= 4 is 16.9 Å². The first-order chi connectivity index (χ1) is 15.0. The topological polar surface area (TPSA) is 87.1 Å². The number of hydrogen-bond donors (Lipinski definition) is 1. The fourth-order valence-electron chi connectivity index (χ4n) is 3.25. The summed E-state index contributed by atoms with van der Waals surface area (Å²) in [6, 6.07) is 13.0. The van der Waals surface area contributed by atoms with Crippen LogP contribution in [0, 0.1) is 0 Å². The summed E-state index contributed by atoms with van der Waals surface area (Å²) < 4.78 is 22.4. The summed E-state index contributed by atoms with van der Waals surface area (Å²) in [6.07, 6.45) is 1.20. The quantitative estimate of drug-likeness (QED) is 0.491. The van der Waals surface area contributed by atoms with Crippen molar-refractivity contribution in [1.82, 2.24) is 4.98 Å². The van der Waals surface area contributed by atoms with Crippen LogP contribution in [0.4, 0.5) is 0 Å². The summed E-state index contributed by atoms with van der Waals surface area (Å²) in [7, 11) is 1.62. The number of carboxylic acid groups (broad SMARTS) is 1. The van der Waals surface area contributed by atoms with Gasteiger partial charge in [0.1, 0.15) is 23.9 Å². The minimum absolute atomic E-state index is 0.283. The van der Waals surface area contributed by atoms with Crippen molar-refractivity contribution in [2.45, 2.75) is 33.0 Å². The average molecular weight is 425 g/mol. The van der Waals surface area contributed by atoms with Crippen LogP contribution in [-0.2, 0) is 22.6 Å². The summed E-state index contributed by atoms with van der Waals surface area (Å²) in [6.45, 7) is 4.86. The van der Waals surface area contributed by atoms with Gasteiger partial charge < -0.3 is 24.1 Å². The largest absolute Gasteiger partial charge is 0.497 e. The van der Waals surface area contributed by atoms with Crippen molar-refractivity contribution in [1.29, 1.82) is 0 Å². The number of benzene rings is 2. The molecular weight excluding hydrogens is 398 g/mol. The number of carboxylic acids is 1. The van der Waals surface area contributed by atoms with Gasteiger partial charge in [0, 0.05) is 24.6 Å². The van der Waals surface area contributed by atoms with Crippen molar-refractivity contribution in [3.05, 3.63) is 59.8 Å². The number of aliphatic carboxylic acids is 1. The molecule has 3 aromatic rings. The number of rotatable bonds is 11. The second kappa shape index (κ2) is 10.6. The van der Waals surface area contributed by atoms with E-state index in [1.54, 1.807) is 20.2 Å². The predicted octanol–water partition coefficient (Wildman–Crippen LogP) is 4.25. The molecule has 0 fully saturated rings. The second-order valence-corrected chi connectivity index (χ2v) is 6.85. The number of methoxy groups -OCH3 is 1. The fourth-order valence-corrected chi connectivity index (χ4v) is 3.25. The summed E-state index contributed by atoms with van der Waals surface area (Å²) in [5, 5.41) is 10.1. The normalized spacial score (nSPS) is 11.8. The van der Waals surface area contributed by atoms with Gasteiger partial charge in [0.25, 0.3) is 0 Å². The van der Waals surface area contributed by atoms with Crippen LogP contribution in [0.2, 0.25) is 0 Å². The molecular formula is C24H27NO6. The van der Waals surface area contributed by atoms with E-state index in [1.807, 2.05) is 49.4 Å². The van der Waals surface area contributed by atoms with Crippen molar-refractivity contribution in [3.63, 3.8) is 0 Å². The lowest BCUT2D eigenvalue weighted by atomic mass is 10.1. The number of aromatic nitrogens is 1. The Bertz CT molecular complexity index is 1020. The van der Waals surface area contributed by atoms with Crippen LogP contribution >= 0.6 is 0 Å². The third-order valence-electron chi connectivity index (χ3n) is 4.77. The molecule has 2 aromatic carbocycles. The van der Waals surface area contributed by atoms with E-state index in [4.69, 9.17) is 18.9 Å². The number of carbonyl (C=O) groups is 1. The molecule has 7 nitrogen and oxygen atoms in total. The Balaban J connectivity index is 1.74. The first-order valence-corrected chi connectivity index (χ1v) is 10.2. The van der Waals surface area contributed by atoms with Crippen LogP contribution in [0.1, 0.15) is 25.0 Å². The van der Waals surface area contributed by atoms with E-state index in [9.17, 15) is 9.90 Å². The predicted molar refractivity (Wildman–Crippen MR) is 117 cm³/mol. The van der Waals surface area contributed by atoms with Gasteiger partial charge in [-0.1, -0.05) is 12.1 Å². The zero-order valence-corrected chi connectivity index (χ0v) is 18.0. The first-order valence-electron chi connectivity index (χ1n) is 10.2. The third kappa shape index (κ3) is 5.64. The molecule has 0 aliphatic heterocycles. The molecule has 0 aliphatic carbocycles. The van der Waals surface area contributed by atoms with E-state index in [2.05, 4.69) is 4.98 Å². The molecule has 0 radical (unpaired) electrons. The summed E-state index contributed by atoms with van der Waals surface area (Å²) >= 11 is 0. The van der Waals surface area contributed by atoms with Crippen molar-refractivity contribution in [2.75, 3.05) is 20.3 Å². The third-order valence-corrected chi connectivity index (χ3v) is 4.77. The number of nitrogens with zero attached hydrogens (tertiary/aromatic N) is 1. The minimum atomic E-state index is -0.967. The zero-order valence-electron chi connectivity index (χ0n) is 18.0. The van der Waals surface area contributed by atoms with Crippen molar-refractivity contribution < 1.29 is 28.8 Å². The van der Waals surface area contributed by atoms with Crippen LogP contribution in [0.15, 0.2) is 48.7 Å². The highest BCUT2D eigenvalue weighted by Crippen LogP contribution is 2.32. The van der Waals surface area contributed by atoms with Crippen LogP contribution < -0.4 is 14.2 Å². The van der Waals surface area contributed by atoms with Gasteiger partial charge in [-0.25, -0.2) is 4.79 Å². The van der Waals surface area contributed by atoms with E-state index in [0.29, 0.717) is 25.4 Å². The highest BCUT2D eigenvalue weighted by atomic mass is 16.5. The standard InChI is InChI=1S/C24H27NO6/c1-4-29-22(24(26)27)12-16-6-8-18(9-7-16)31-15-17-14-25-21-11-10-19(28-3)13-20(21)23(17)30-5-2/h6-11,13-14,22H,4-5,12,15H2,1-3H3,(H,26,27). The Kier molecular flexibility index (Phi) is 7.67. The van der Waals surface area contributed by atoms with Gasteiger partial charge >= 0.3 is 5.97 Å². The molecule has 0 bridgehead atoms. The summed E-state index contributed by atoms with van der Waals surface area (Å²) in [5.74, 6) is 1.16. The maximum atomic E-state index is 11.3. The van der Waals surface area contributed by atoms with Gasteiger partial charge in [0.15, 0.2) is 6.10 Å². The van der Waals surface area contributed by atoms with Crippen LogP contribution in [0.3, 0.4) is 0 Å². The SMILES string of the molecule is CCOc1c(COc2ccc(CC(OCC)C(=O)O)cc2)cnc2ccc(OC)cc12. The molecule has 0 saturated carbocycles. The lowest BCUT2D eigenvalue weighted by Gasteiger charge is -2.15. The highest BCUT2D eigenvalue weighted by molar-refractivity contribution is 5.87. The number of pyridine rings is 1. The van der Waals surface area contributed by atoms with Gasteiger partial charge in [0.2, 0.25) is 0 Å². The maximum Gasteiger partial charge on any atom is 0.333 e. The van der Waals surface area contributed by atoms with Crippen LogP contribution in [-0.4, -0.2) is 42.5 Å². The van der Waals surface area contributed by atoms with E-state index < -0.39 is 12.1 Å². The molecule has 1 unspecified atom stereocenters. The van der Waals surface area contributed by atoms with E-state index in [-0.39, 0.29) is 6.61 Å². The Morgan fingerprint density at radius 3 is 2.42 bits per heavy atom. The highest BCUT2D eigenvalue weighted by Gasteiger charge is 2.18. The van der Waals surface area contributed by atoms with Gasteiger partial charge in [-0.15, -0.1) is 0 Å². The molecule has 1 aromatic heterocycles. The molecule has 0 amide bonds. The lowest BCUT2D eigenvalue weighted by Crippen LogP contribution is -2.26. The lowest BCUT2D eigenvalue weighted by molar-refractivity contribution is -0.149. The summed E-state index contributed by atoms with van der Waals surface area (Å²) in [4.78, 5) is 15.8. The molecule has 164 valence electrons. The molecule has 0 saturated heterocycles. The molecule has 0 spiro atoms. The van der Waals surface area contributed by atoms with Crippen LogP contribution in [0.5, 0.6) is 17.2 Å². The number of ether oxygens (including phenoxy) is 4. The minimum Gasteiger partial charge on any atom is -0.497 e. The molecule has 1 N–H and O–H groups in total. The molecule has 3 rings (SSSR count). The molecule has 7 heteroatoms. The average Bonchev–Trinajstić information content (AvgIpc) is 2.78. The van der Waals surface area contributed by atoms with Crippen molar-refractivity contribution in [2.24, 2.45) is 0 Å². The Morgan fingerprint density at radius 1 is 1.03 bits per heavy atom. The zero-order chi connectivity index (χ0) is 22.2. The van der Waals surface area contributed by atoms with E-state index in [0.717, 1.165) is 33.5 Å². The van der Waals surface area contributed by atoms with Gasteiger partial charge in [-0.2, -0.15) is 0 Å².